The molecular formula is C31H28O5. The maximum atomic E-state index is 12.9. The molecule has 0 aliphatic carbocycles. The Kier molecular flexibility index (Phi) is 8.39. The van der Waals surface area contributed by atoms with Crippen molar-refractivity contribution in [3.05, 3.63) is 125 Å². The first-order valence-corrected chi connectivity index (χ1v) is 11.6. The van der Waals surface area contributed by atoms with Crippen molar-refractivity contribution in [1.29, 1.82) is 0 Å². The molecule has 36 heavy (non-hydrogen) atoms. The van der Waals surface area contributed by atoms with Crippen LogP contribution < -0.4 is 18.9 Å². The summed E-state index contributed by atoms with van der Waals surface area (Å²) in [4.78, 5) is 12.9. The number of ether oxygens (including phenoxy) is 4. The summed E-state index contributed by atoms with van der Waals surface area (Å²) in [6, 6.07) is 30.6. The molecule has 0 saturated carbocycles. The Bertz CT molecular complexity index is 1310. The van der Waals surface area contributed by atoms with Crippen molar-refractivity contribution in [3.8, 4) is 23.0 Å². The van der Waals surface area contributed by atoms with Gasteiger partial charge in [-0.05, 0) is 47.0 Å². The van der Waals surface area contributed by atoms with Gasteiger partial charge in [0, 0.05) is 6.07 Å². The summed E-state index contributed by atoms with van der Waals surface area (Å²) < 4.78 is 22.7. The minimum atomic E-state index is -0.176. The van der Waals surface area contributed by atoms with Crippen LogP contribution >= 0.6 is 0 Å². The molecule has 0 bridgehead atoms. The lowest BCUT2D eigenvalue weighted by molar-refractivity contribution is 0.104. The van der Waals surface area contributed by atoms with Gasteiger partial charge in [0.1, 0.15) is 24.7 Å². The fraction of sp³-hybridized carbons (Fsp3) is 0.129. The maximum Gasteiger partial charge on any atom is 0.189 e. The zero-order valence-corrected chi connectivity index (χ0v) is 20.3. The molecule has 5 heteroatoms. The molecule has 4 aromatic carbocycles. The summed E-state index contributed by atoms with van der Waals surface area (Å²) >= 11 is 0. The van der Waals surface area contributed by atoms with Crippen molar-refractivity contribution >= 4 is 11.9 Å². The van der Waals surface area contributed by atoms with Crippen molar-refractivity contribution in [2.45, 2.75) is 13.2 Å². The highest BCUT2D eigenvalue weighted by Crippen LogP contribution is 2.30. The smallest absolute Gasteiger partial charge is 0.189 e. The number of ketones is 1. The summed E-state index contributed by atoms with van der Waals surface area (Å²) in [6.45, 7) is 0.875. The summed E-state index contributed by atoms with van der Waals surface area (Å²) in [5, 5.41) is 0. The highest BCUT2D eigenvalue weighted by molar-refractivity contribution is 6.08. The largest absolute Gasteiger partial charge is 0.496 e. The SMILES string of the molecule is COc1cc(C=CC(=O)c2ccc(OCc3ccccc3)cc2OC)ccc1OCc1ccccc1. The predicted molar refractivity (Wildman–Crippen MR) is 141 cm³/mol. The van der Waals surface area contributed by atoms with Crippen molar-refractivity contribution in [2.75, 3.05) is 14.2 Å². The standard InChI is InChI=1S/C31H28O5/c1-33-30-20-26(35-21-24-9-5-3-6-10-24)15-16-27(30)28(32)17-13-23-14-18-29(31(19-23)34-2)36-22-25-11-7-4-8-12-25/h3-20H,21-22H2,1-2H3. The summed E-state index contributed by atoms with van der Waals surface area (Å²) in [5.74, 6) is 2.14. The number of hydrogen-bond donors (Lipinski definition) is 0. The monoisotopic (exact) mass is 480 g/mol. The second-order valence-electron chi connectivity index (χ2n) is 8.02. The molecule has 182 valence electrons. The summed E-state index contributed by atoms with van der Waals surface area (Å²) in [6.07, 6.45) is 3.26. The molecule has 0 unspecified atom stereocenters. The van der Waals surface area contributed by atoms with Gasteiger partial charge in [0.2, 0.25) is 0 Å². The van der Waals surface area contributed by atoms with Crippen LogP contribution in [0.3, 0.4) is 0 Å². The molecule has 0 N–H and O–H groups in total. The lowest BCUT2D eigenvalue weighted by Crippen LogP contribution is -2.01. The molecule has 0 aliphatic heterocycles. The Balaban J connectivity index is 1.42. The Labute approximate surface area is 211 Å². The highest BCUT2D eigenvalue weighted by atomic mass is 16.5. The number of rotatable bonds is 11. The van der Waals surface area contributed by atoms with E-state index >= 15 is 0 Å². The minimum absolute atomic E-state index is 0.176. The Hall–Kier alpha value is -4.51. The summed E-state index contributed by atoms with van der Waals surface area (Å²) in [5.41, 5.74) is 3.40. The average molecular weight is 481 g/mol. The van der Waals surface area contributed by atoms with Gasteiger partial charge in [-0.2, -0.15) is 0 Å². The van der Waals surface area contributed by atoms with E-state index in [1.54, 1.807) is 31.4 Å². The van der Waals surface area contributed by atoms with E-state index in [1.807, 2.05) is 78.9 Å². The van der Waals surface area contributed by atoms with Gasteiger partial charge in [-0.3, -0.25) is 4.79 Å². The molecular weight excluding hydrogens is 452 g/mol. The van der Waals surface area contributed by atoms with Crippen LogP contribution in [0.2, 0.25) is 0 Å². The van der Waals surface area contributed by atoms with E-state index in [0.717, 1.165) is 16.7 Å². The van der Waals surface area contributed by atoms with Gasteiger partial charge in [-0.1, -0.05) is 72.8 Å². The minimum Gasteiger partial charge on any atom is -0.496 e. The van der Waals surface area contributed by atoms with Crippen molar-refractivity contribution in [3.63, 3.8) is 0 Å². The van der Waals surface area contributed by atoms with Crippen LogP contribution in [0.15, 0.2) is 103 Å². The van der Waals surface area contributed by atoms with Gasteiger partial charge in [0.05, 0.1) is 19.8 Å². The molecule has 0 spiro atoms. The van der Waals surface area contributed by atoms with E-state index in [-0.39, 0.29) is 5.78 Å². The Morgan fingerprint density at radius 2 is 1.31 bits per heavy atom. The number of benzene rings is 4. The normalized spacial score (nSPS) is 10.7. The molecule has 4 aromatic rings. The van der Waals surface area contributed by atoms with Crippen molar-refractivity contribution in [2.24, 2.45) is 0 Å². The zero-order chi connectivity index (χ0) is 25.2. The molecule has 0 aliphatic rings. The molecule has 0 saturated heterocycles. The van der Waals surface area contributed by atoms with Gasteiger partial charge in [-0.25, -0.2) is 0 Å². The van der Waals surface area contributed by atoms with Gasteiger partial charge in [0.25, 0.3) is 0 Å². The van der Waals surface area contributed by atoms with Gasteiger partial charge in [-0.15, -0.1) is 0 Å². The van der Waals surface area contributed by atoms with E-state index < -0.39 is 0 Å². The lowest BCUT2D eigenvalue weighted by Gasteiger charge is -2.12. The van der Waals surface area contributed by atoms with Crippen molar-refractivity contribution in [1.82, 2.24) is 0 Å². The third-order valence-electron chi connectivity index (χ3n) is 5.54. The molecule has 0 fully saturated rings. The van der Waals surface area contributed by atoms with Crippen molar-refractivity contribution < 1.29 is 23.7 Å². The second-order valence-corrected chi connectivity index (χ2v) is 8.02. The second kappa shape index (κ2) is 12.3. The van der Waals surface area contributed by atoms with Crippen LogP contribution in [0.1, 0.15) is 27.0 Å². The van der Waals surface area contributed by atoms with E-state index in [0.29, 0.717) is 41.8 Å². The maximum absolute atomic E-state index is 12.9. The van der Waals surface area contributed by atoms with Gasteiger partial charge in [0.15, 0.2) is 17.3 Å². The van der Waals surface area contributed by atoms with Gasteiger partial charge >= 0.3 is 0 Å². The summed E-state index contributed by atoms with van der Waals surface area (Å²) in [7, 11) is 3.13. The molecule has 4 rings (SSSR count). The number of allylic oxidation sites excluding steroid dienone is 1. The van der Waals surface area contributed by atoms with Crippen LogP contribution in [-0.2, 0) is 13.2 Å². The lowest BCUT2D eigenvalue weighted by atomic mass is 10.1. The van der Waals surface area contributed by atoms with E-state index in [2.05, 4.69) is 0 Å². The predicted octanol–water partition coefficient (Wildman–Crippen LogP) is 6.76. The average Bonchev–Trinajstić information content (AvgIpc) is 2.94. The zero-order valence-electron chi connectivity index (χ0n) is 20.3. The number of hydrogen-bond acceptors (Lipinski definition) is 5. The van der Waals surface area contributed by atoms with E-state index in [4.69, 9.17) is 18.9 Å². The molecule has 0 heterocycles. The fourth-order valence-electron chi connectivity index (χ4n) is 3.61. The molecule has 0 atom stereocenters. The van der Waals surface area contributed by atoms with Crippen LogP contribution in [-0.4, -0.2) is 20.0 Å². The topological polar surface area (TPSA) is 54.0 Å². The molecule has 0 amide bonds. The Morgan fingerprint density at radius 3 is 1.94 bits per heavy atom. The highest BCUT2D eigenvalue weighted by Gasteiger charge is 2.12. The first kappa shape index (κ1) is 24.6. The molecule has 5 nitrogen and oxygen atoms in total. The van der Waals surface area contributed by atoms with Crippen LogP contribution in [0.4, 0.5) is 0 Å². The fourth-order valence-corrected chi connectivity index (χ4v) is 3.61. The quantitative estimate of drug-likeness (QED) is 0.175. The number of carbonyl (C=O) groups excluding carboxylic acids is 1. The first-order valence-electron chi connectivity index (χ1n) is 11.6. The van der Waals surface area contributed by atoms with Crippen LogP contribution in [0.5, 0.6) is 23.0 Å². The number of carbonyl (C=O) groups is 1. The van der Waals surface area contributed by atoms with Crippen LogP contribution in [0.25, 0.3) is 6.08 Å². The van der Waals surface area contributed by atoms with E-state index in [9.17, 15) is 4.79 Å². The number of methoxy groups -OCH3 is 2. The molecule has 0 aromatic heterocycles. The Morgan fingerprint density at radius 1 is 0.667 bits per heavy atom. The third-order valence-corrected chi connectivity index (χ3v) is 5.54. The van der Waals surface area contributed by atoms with E-state index in [1.165, 1.54) is 13.2 Å². The molecule has 0 radical (unpaired) electrons. The van der Waals surface area contributed by atoms with Gasteiger partial charge < -0.3 is 18.9 Å². The first-order chi connectivity index (χ1) is 17.7. The third kappa shape index (κ3) is 6.54. The van der Waals surface area contributed by atoms with Crippen LogP contribution in [0, 0.1) is 0 Å².